The molecule has 2 aromatic carbocycles. The number of hydrogen-bond acceptors (Lipinski definition) is 4. The van der Waals surface area contributed by atoms with Gasteiger partial charge in [0.15, 0.2) is 6.61 Å². The summed E-state index contributed by atoms with van der Waals surface area (Å²) in [6, 6.07) is 15.2. The summed E-state index contributed by atoms with van der Waals surface area (Å²) in [5.41, 5.74) is 4.58. The molecular formula is C22H26N2O3. The standard InChI is InChI=1S/C22H26N2O3/c1-3-5-6-18-7-11-21(12-8-18)27-17-22(25)24-23-16-19-9-13-20(14-10-19)26-15-4-2/h4,7-14,16H,2-3,5-6,15,17H2,1H3,(H,24,25)/b23-16-. The van der Waals surface area contributed by atoms with Crippen molar-refractivity contribution in [1.82, 2.24) is 5.43 Å². The number of hydrazone groups is 1. The van der Waals surface area contributed by atoms with Crippen LogP contribution in [-0.4, -0.2) is 25.3 Å². The van der Waals surface area contributed by atoms with Crippen LogP contribution in [0.1, 0.15) is 30.9 Å². The van der Waals surface area contributed by atoms with E-state index in [0.717, 1.165) is 17.7 Å². The average molecular weight is 366 g/mol. The molecule has 5 nitrogen and oxygen atoms in total. The second kappa shape index (κ2) is 11.5. The Morgan fingerprint density at radius 3 is 2.41 bits per heavy atom. The maximum Gasteiger partial charge on any atom is 0.277 e. The van der Waals surface area contributed by atoms with Crippen molar-refractivity contribution in [2.75, 3.05) is 13.2 Å². The Kier molecular flexibility index (Phi) is 8.63. The summed E-state index contributed by atoms with van der Waals surface area (Å²) in [6.45, 7) is 6.16. The topological polar surface area (TPSA) is 59.9 Å². The van der Waals surface area contributed by atoms with Gasteiger partial charge in [-0.05, 0) is 60.4 Å². The zero-order valence-electron chi connectivity index (χ0n) is 15.7. The Balaban J connectivity index is 1.72. The van der Waals surface area contributed by atoms with Gasteiger partial charge in [0, 0.05) is 0 Å². The highest BCUT2D eigenvalue weighted by Gasteiger charge is 2.02. The van der Waals surface area contributed by atoms with Crippen molar-refractivity contribution in [3.63, 3.8) is 0 Å². The first-order valence-electron chi connectivity index (χ1n) is 9.08. The van der Waals surface area contributed by atoms with Gasteiger partial charge >= 0.3 is 0 Å². The molecule has 0 aromatic heterocycles. The lowest BCUT2D eigenvalue weighted by atomic mass is 10.1. The molecule has 1 amide bonds. The molecule has 0 aliphatic heterocycles. The van der Waals surface area contributed by atoms with Crippen LogP contribution >= 0.6 is 0 Å². The number of carbonyl (C=O) groups is 1. The summed E-state index contributed by atoms with van der Waals surface area (Å²) >= 11 is 0. The number of aryl methyl sites for hydroxylation is 1. The maximum absolute atomic E-state index is 11.8. The molecule has 2 aromatic rings. The first kappa shape index (κ1) is 20.2. The summed E-state index contributed by atoms with van der Waals surface area (Å²) < 4.78 is 10.9. The molecule has 5 heteroatoms. The molecule has 2 rings (SSSR count). The van der Waals surface area contributed by atoms with Crippen LogP contribution in [0.4, 0.5) is 0 Å². The molecule has 1 N–H and O–H groups in total. The van der Waals surface area contributed by atoms with Crippen LogP contribution in [-0.2, 0) is 11.2 Å². The van der Waals surface area contributed by atoms with Crippen LogP contribution in [0, 0.1) is 0 Å². The van der Waals surface area contributed by atoms with E-state index in [2.05, 4.69) is 24.0 Å². The summed E-state index contributed by atoms with van der Waals surface area (Å²) in [5.74, 6) is 1.11. The predicted octanol–water partition coefficient (Wildman–Crippen LogP) is 4.12. The fraction of sp³-hybridized carbons (Fsp3) is 0.273. The molecule has 0 heterocycles. The first-order valence-corrected chi connectivity index (χ1v) is 9.08. The van der Waals surface area contributed by atoms with E-state index in [1.807, 2.05) is 48.5 Å². The summed E-state index contributed by atoms with van der Waals surface area (Å²) in [7, 11) is 0. The smallest absolute Gasteiger partial charge is 0.277 e. The van der Waals surface area contributed by atoms with Gasteiger partial charge in [-0.15, -0.1) is 0 Å². The molecule has 0 spiro atoms. The Morgan fingerprint density at radius 2 is 1.74 bits per heavy atom. The van der Waals surface area contributed by atoms with Crippen molar-refractivity contribution in [2.45, 2.75) is 26.2 Å². The van der Waals surface area contributed by atoms with Crippen LogP contribution in [0.25, 0.3) is 0 Å². The zero-order valence-corrected chi connectivity index (χ0v) is 15.7. The van der Waals surface area contributed by atoms with E-state index in [1.165, 1.54) is 18.4 Å². The van der Waals surface area contributed by atoms with Gasteiger partial charge in [0.05, 0.1) is 6.21 Å². The lowest BCUT2D eigenvalue weighted by molar-refractivity contribution is -0.123. The molecule has 0 bridgehead atoms. The first-order chi connectivity index (χ1) is 13.2. The quantitative estimate of drug-likeness (QED) is 0.370. The van der Waals surface area contributed by atoms with Gasteiger partial charge in [-0.3, -0.25) is 4.79 Å². The van der Waals surface area contributed by atoms with Crippen LogP contribution in [0.15, 0.2) is 66.3 Å². The molecule has 0 saturated heterocycles. The summed E-state index contributed by atoms with van der Waals surface area (Å²) in [4.78, 5) is 11.8. The summed E-state index contributed by atoms with van der Waals surface area (Å²) in [6.07, 6.45) is 6.66. The van der Waals surface area contributed by atoms with Crippen molar-refractivity contribution in [1.29, 1.82) is 0 Å². The van der Waals surface area contributed by atoms with E-state index in [4.69, 9.17) is 9.47 Å². The maximum atomic E-state index is 11.8. The van der Waals surface area contributed by atoms with Gasteiger partial charge in [0.2, 0.25) is 0 Å². The van der Waals surface area contributed by atoms with E-state index in [-0.39, 0.29) is 12.5 Å². The lowest BCUT2D eigenvalue weighted by Gasteiger charge is -2.06. The van der Waals surface area contributed by atoms with Crippen LogP contribution < -0.4 is 14.9 Å². The number of rotatable bonds is 11. The number of hydrogen-bond donors (Lipinski definition) is 1. The highest BCUT2D eigenvalue weighted by atomic mass is 16.5. The highest BCUT2D eigenvalue weighted by molar-refractivity contribution is 5.83. The van der Waals surface area contributed by atoms with Crippen molar-refractivity contribution in [3.8, 4) is 11.5 Å². The normalized spacial score (nSPS) is 10.6. The summed E-state index contributed by atoms with van der Waals surface area (Å²) in [5, 5.41) is 3.93. The Hall–Kier alpha value is -3.08. The average Bonchev–Trinajstić information content (AvgIpc) is 2.71. The van der Waals surface area contributed by atoms with Crippen LogP contribution in [0.2, 0.25) is 0 Å². The van der Waals surface area contributed by atoms with E-state index < -0.39 is 0 Å². The molecule has 0 unspecified atom stereocenters. The van der Waals surface area contributed by atoms with Crippen LogP contribution in [0.3, 0.4) is 0 Å². The molecule has 0 fully saturated rings. The van der Waals surface area contributed by atoms with E-state index in [1.54, 1.807) is 12.3 Å². The van der Waals surface area contributed by atoms with Crippen molar-refractivity contribution in [3.05, 3.63) is 72.3 Å². The molecule has 0 atom stereocenters. The number of carbonyl (C=O) groups excluding carboxylic acids is 1. The molecule has 142 valence electrons. The molecular weight excluding hydrogens is 340 g/mol. The molecule has 0 radical (unpaired) electrons. The van der Waals surface area contributed by atoms with Crippen LogP contribution in [0.5, 0.6) is 11.5 Å². The Labute approximate surface area is 160 Å². The van der Waals surface area contributed by atoms with Gasteiger partial charge in [0.1, 0.15) is 18.1 Å². The van der Waals surface area contributed by atoms with Gasteiger partial charge in [0.25, 0.3) is 5.91 Å². The number of ether oxygens (including phenoxy) is 2. The molecule has 0 saturated carbocycles. The van der Waals surface area contributed by atoms with Gasteiger partial charge in [-0.1, -0.05) is 38.1 Å². The second-order valence-electron chi connectivity index (χ2n) is 6.00. The SMILES string of the molecule is C=CCOc1ccc(/C=N\NC(=O)COc2ccc(CCCC)cc2)cc1. The lowest BCUT2D eigenvalue weighted by Crippen LogP contribution is -2.24. The number of amides is 1. The Bertz CT molecular complexity index is 737. The van der Waals surface area contributed by atoms with Crippen molar-refractivity contribution in [2.24, 2.45) is 5.10 Å². The van der Waals surface area contributed by atoms with Gasteiger partial charge in [-0.2, -0.15) is 5.10 Å². The van der Waals surface area contributed by atoms with Crippen molar-refractivity contribution < 1.29 is 14.3 Å². The van der Waals surface area contributed by atoms with Gasteiger partial charge in [-0.25, -0.2) is 5.43 Å². The fourth-order valence-electron chi connectivity index (χ4n) is 2.30. The highest BCUT2D eigenvalue weighted by Crippen LogP contribution is 2.14. The minimum Gasteiger partial charge on any atom is -0.490 e. The van der Waals surface area contributed by atoms with Gasteiger partial charge < -0.3 is 9.47 Å². The third-order valence-electron chi connectivity index (χ3n) is 3.76. The predicted molar refractivity (Wildman–Crippen MR) is 108 cm³/mol. The van der Waals surface area contributed by atoms with E-state index >= 15 is 0 Å². The van der Waals surface area contributed by atoms with E-state index in [9.17, 15) is 4.79 Å². The molecule has 0 aliphatic carbocycles. The number of nitrogens with zero attached hydrogens (tertiary/aromatic N) is 1. The fourth-order valence-corrected chi connectivity index (χ4v) is 2.30. The second-order valence-corrected chi connectivity index (χ2v) is 6.00. The largest absolute Gasteiger partial charge is 0.490 e. The van der Waals surface area contributed by atoms with E-state index in [0.29, 0.717) is 12.4 Å². The van der Waals surface area contributed by atoms with Crippen molar-refractivity contribution >= 4 is 12.1 Å². The number of unbranched alkanes of at least 4 members (excludes halogenated alkanes) is 1. The molecule has 0 aliphatic rings. The third-order valence-corrected chi connectivity index (χ3v) is 3.76. The monoisotopic (exact) mass is 366 g/mol. The minimum atomic E-state index is -0.313. The zero-order chi connectivity index (χ0) is 19.3. The number of benzene rings is 2. The third kappa shape index (κ3) is 7.77. The Morgan fingerprint density at radius 1 is 1.07 bits per heavy atom. The number of nitrogens with one attached hydrogen (secondary N) is 1. The molecule has 27 heavy (non-hydrogen) atoms. The minimum absolute atomic E-state index is 0.0834.